The zero-order valence-electron chi connectivity index (χ0n) is 11.3. The van der Waals surface area contributed by atoms with Gasteiger partial charge in [0.25, 0.3) is 0 Å². The number of amides is 1. The van der Waals surface area contributed by atoms with Gasteiger partial charge in [-0.25, -0.2) is 15.0 Å². The summed E-state index contributed by atoms with van der Waals surface area (Å²) in [7, 11) is 0. The lowest BCUT2D eigenvalue weighted by atomic mass is 10.4. The first kappa shape index (κ1) is 13.1. The highest BCUT2D eigenvalue weighted by molar-refractivity contribution is 5.90. The van der Waals surface area contributed by atoms with Gasteiger partial charge in [0.1, 0.15) is 5.82 Å². The molecule has 2 aromatic rings. The van der Waals surface area contributed by atoms with Crippen LogP contribution in [0.25, 0.3) is 11.6 Å². The van der Waals surface area contributed by atoms with Crippen LogP contribution in [0.15, 0.2) is 41.3 Å². The number of hydrogen-bond acceptors (Lipinski definition) is 7. The third kappa shape index (κ3) is 2.84. The second-order valence-corrected chi connectivity index (χ2v) is 4.26. The van der Waals surface area contributed by atoms with Gasteiger partial charge in [0, 0.05) is 24.9 Å². The fourth-order valence-electron chi connectivity index (χ4n) is 1.76. The van der Waals surface area contributed by atoms with Crippen molar-refractivity contribution >= 4 is 17.5 Å². The van der Waals surface area contributed by atoms with Crippen molar-refractivity contribution in [2.24, 2.45) is 0 Å². The van der Waals surface area contributed by atoms with Crippen molar-refractivity contribution in [3.8, 4) is 11.6 Å². The highest BCUT2D eigenvalue weighted by atomic mass is 16.3. The maximum atomic E-state index is 11.6. The van der Waals surface area contributed by atoms with Gasteiger partial charge in [-0.2, -0.15) is 0 Å². The Kier molecular flexibility index (Phi) is 3.52. The Bertz CT molecular complexity index is 667. The lowest BCUT2D eigenvalue weighted by Gasteiger charge is -2.16. The molecule has 3 rings (SSSR count). The van der Waals surface area contributed by atoms with E-state index in [4.69, 9.17) is 4.42 Å². The first-order valence-electron chi connectivity index (χ1n) is 6.46. The van der Waals surface area contributed by atoms with E-state index in [1.165, 1.54) is 0 Å². The molecule has 0 unspecified atom stereocenters. The molecule has 8 nitrogen and oxygen atoms in total. The number of carbonyl (C=O) groups is 1. The number of rotatable bonds is 4. The van der Waals surface area contributed by atoms with Crippen molar-refractivity contribution in [1.29, 1.82) is 0 Å². The molecule has 21 heavy (non-hydrogen) atoms. The molecule has 1 amide bonds. The monoisotopic (exact) mass is 286 g/mol. The van der Waals surface area contributed by atoms with E-state index in [2.05, 4.69) is 26.2 Å². The number of aromatic nitrogens is 2. The lowest BCUT2D eigenvalue weighted by molar-refractivity contribution is -0.115. The van der Waals surface area contributed by atoms with Gasteiger partial charge in [-0.15, -0.1) is 5.53 Å². The zero-order chi connectivity index (χ0) is 14.7. The number of nitrogens with zero attached hydrogens (tertiary/aromatic N) is 3. The van der Waals surface area contributed by atoms with Gasteiger partial charge < -0.3 is 15.2 Å². The molecule has 0 saturated heterocycles. The highest BCUT2D eigenvalue weighted by Crippen LogP contribution is 2.22. The predicted octanol–water partition coefficient (Wildman–Crippen LogP) is 1.39. The predicted molar refractivity (Wildman–Crippen MR) is 76.5 cm³/mol. The van der Waals surface area contributed by atoms with E-state index >= 15 is 0 Å². The minimum Gasteiger partial charge on any atom is -0.461 e. The van der Waals surface area contributed by atoms with E-state index in [1.807, 2.05) is 0 Å². The summed E-state index contributed by atoms with van der Waals surface area (Å²) in [6.07, 6.45) is 5.41. The maximum Gasteiger partial charge on any atom is 0.225 e. The Balaban J connectivity index is 1.99. The quantitative estimate of drug-likeness (QED) is 0.781. The minimum atomic E-state index is -0.118. The average Bonchev–Trinajstić information content (AvgIpc) is 3.20. The zero-order valence-corrected chi connectivity index (χ0v) is 11.3. The van der Waals surface area contributed by atoms with Crippen LogP contribution in [0, 0.1) is 0 Å². The fourth-order valence-corrected chi connectivity index (χ4v) is 1.76. The normalized spacial score (nSPS) is 13.3. The SMILES string of the molecule is CCC(=O)Nc1cc(N2C=CNN2)nc(-c2ccco2)n1. The molecule has 3 heterocycles. The van der Waals surface area contributed by atoms with E-state index in [0.29, 0.717) is 29.6 Å². The molecule has 1 aliphatic heterocycles. The van der Waals surface area contributed by atoms with E-state index in [1.54, 1.807) is 48.8 Å². The molecule has 0 atom stereocenters. The van der Waals surface area contributed by atoms with Crippen LogP contribution < -0.4 is 21.3 Å². The van der Waals surface area contributed by atoms with Gasteiger partial charge in [-0.3, -0.25) is 4.79 Å². The van der Waals surface area contributed by atoms with Crippen molar-refractivity contribution in [2.75, 3.05) is 10.3 Å². The topological polar surface area (TPSA) is 95.3 Å². The second-order valence-electron chi connectivity index (χ2n) is 4.26. The molecule has 0 radical (unpaired) electrons. The fraction of sp³-hybridized carbons (Fsp3) is 0.154. The lowest BCUT2D eigenvalue weighted by Crippen LogP contribution is -2.36. The maximum absolute atomic E-state index is 11.6. The first-order chi connectivity index (χ1) is 10.3. The van der Waals surface area contributed by atoms with Crippen LogP contribution in [0.4, 0.5) is 11.6 Å². The molecule has 3 N–H and O–H groups in total. The Morgan fingerprint density at radius 2 is 2.38 bits per heavy atom. The van der Waals surface area contributed by atoms with Crippen molar-refractivity contribution in [2.45, 2.75) is 13.3 Å². The summed E-state index contributed by atoms with van der Waals surface area (Å²) in [4.78, 5) is 20.3. The number of hydrogen-bond donors (Lipinski definition) is 3. The van der Waals surface area contributed by atoms with E-state index < -0.39 is 0 Å². The van der Waals surface area contributed by atoms with E-state index in [0.717, 1.165) is 0 Å². The number of carbonyl (C=O) groups excluding carboxylic acids is 1. The second kappa shape index (κ2) is 5.63. The van der Waals surface area contributed by atoms with Gasteiger partial charge in [0.15, 0.2) is 17.4 Å². The largest absolute Gasteiger partial charge is 0.461 e. The molecule has 1 aliphatic rings. The summed E-state index contributed by atoms with van der Waals surface area (Å²) in [6, 6.07) is 5.19. The van der Waals surface area contributed by atoms with Crippen LogP contribution >= 0.6 is 0 Å². The van der Waals surface area contributed by atoms with E-state index in [-0.39, 0.29) is 5.91 Å². The van der Waals surface area contributed by atoms with Crippen LogP contribution in [-0.4, -0.2) is 15.9 Å². The Labute approximate surface area is 120 Å². The number of furan rings is 1. The van der Waals surface area contributed by atoms with Crippen molar-refractivity contribution < 1.29 is 9.21 Å². The van der Waals surface area contributed by atoms with Crippen LogP contribution in [0.5, 0.6) is 0 Å². The Morgan fingerprint density at radius 1 is 1.48 bits per heavy atom. The number of anilines is 2. The molecular formula is C13H14N6O2. The molecule has 0 fully saturated rings. The van der Waals surface area contributed by atoms with Gasteiger partial charge in [0.05, 0.1) is 6.26 Å². The highest BCUT2D eigenvalue weighted by Gasteiger charge is 2.15. The van der Waals surface area contributed by atoms with Gasteiger partial charge in [0.2, 0.25) is 5.91 Å². The van der Waals surface area contributed by atoms with Crippen LogP contribution in [0.3, 0.4) is 0 Å². The molecule has 8 heteroatoms. The van der Waals surface area contributed by atoms with Crippen molar-refractivity contribution in [1.82, 2.24) is 20.9 Å². The molecule has 0 aromatic carbocycles. The Hall–Kier alpha value is -2.87. The molecule has 108 valence electrons. The first-order valence-corrected chi connectivity index (χ1v) is 6.46. The van der Waals surface area contributed by atoms with Crippen LogP contribution in [-0.2, 0) is 4.79 Å². The van der Waals surface area contributed by atoms with E-state index in [9.17, 15) is 4.79 Å². The minimum absolute atomic E-state index is 0.118. The molecule has 2 aromatic heterocycles. The summed E-state index contributed by atoms with van der Waals surface area (Å²) in [5.74, 6) is 1.79. The van der Waals surface area contributed by atoms with Crippen LogP contribution in [0.1, 0.15) is 13.3 Å². The summed E-state index contributed by atoms with van der Waals surface area (Å²) in [5.41, 5.74) is 5.70. The standard InChI is InChI=1S/C13H14N6O2/c1-2-12(20)15-10-8-11(19-6-5-14-18-19)17-13(16-10)9-4-3-7-21-9/h3-8,14,18H,2H2,1H3,(H,15,16,17,20). The molecule has 0 bridgehead atoms. The Morgan fingerprint density at radius 3 is 3.05 bits per heavy atom. The summed E-state index contributed by atoms with van der Waals surface area (Å²) in [5, 5.41) is 4.39. The summed E-state index contributed by atoms with van der Waals surface area (Å²) >= 11 is 0. The van der Waals surface area contributed by atoms with Crippen molar-refractivity contribution in [3.63, 3.8) is 0 Å². The number of nitrogens with one attached hydrogen (secondary N) is 3. The third-order valence-electron chi connectivity index (χ3n) is 2.78. The number of hydrazine groups is 2. The molecular weight excluding hydrogens is 272 g/mol. The van der Waals surface area contributed by atoms with Gasteiger partial charge in [-0.1, -0.05) is 6.92 Å². The average molecular weight is 286 g/mol. The van der Waals surface area contributed by atoms with Crippen molar-refractivity contribution in [3.05, 3.63) is 36.9 Å². The molecule has 0 aliphatic carbocycles. The van der Waals surface area contributed by atoms with Crippen LogP contribution in [0.2, 0.25) is 0 Å². The van der Waals surface area contributed by atoms with Gasteiger partial charge >= 0.3 is 0 Å². The summed E-state index contributed by atoms with van der Waals surface area (Å²) in [6.45, 7) is 1.78. The molecule has 0 saturated carbocycles. The molecule has 0 spiro atoms. The third-order valence-corrected chi connectivity index (χ3v) is 2.78. The smallest absolute Gasteiger partial charge is 0.225 e. The summed E-state index contributed by atoms with van der Waals surface area (Å²) < 4.78 is 5.31. The van der Waals surface area contributed by atoms with Gasteiger partial charge in [-0.05, 0) is 12.1 Å².